The van der Waals surface area contributed by atoms with E-state index in [1.54, 1.807) is 12.1 Å². The smallest absolute Gasteiger partial charge is 0.267 e. The summed E-state index contributed by atoms with van der Waals surface area (Å²) in [4.78, 5) is 26.7. The first-order valence-corrected chi connectivity index (χ1v) is 10.1. The fourth-order valence-electron chi connectivity index (χ4n) is 2.17. The molecule has 0 spiro atoms. The Morgan fingerprint density at radius 1 is 0.727 bits per heavy atom. The fraction of sp³-hybridized carbons (Fsp3) is 0. The van der Waals surface area contributed by atoms with E-state index < -0.39 is 0 Å². The number of imide groups is 1. The first-order valence-electron chi connectivity index (χ1n) is 5.85. The van der Waals surface area contributed by atoms with E-state index in [1.165, 1.54) is 4.90 Å². The third-order valence-electron chi connectivity index (χ3n) is 3.19. The molecule has 1 aliphatic rings. The molecular weight excluding hydrogens is 661 g/mol. The number of nitrogens with zero attached hydrogens (tertiary/aromatic N) is 1. The van der Waals surface area contributed by atoms with Gasteiger partial charge in [0.25, 0.3) is 11.8 Å². The zero-order chi connectivity index (χ0) is 16.2. The van der Waals surface area contributed by atoms with Gasteiger partial charge in [-0.1, -0.05) is 0 Å². The minimum atomic E-state index is -0.345. The number of fused-ring (bicyclic) bond motifs is 1. The second-order valence-corrected chi connectivity index (χ2v) is 8.85. The number of anilines is 1. The molecule has 0 aromatic heterocycles. The van der Waals surface area contributed by atoms with Gasteiger partial charge in [0.2, 0.25) is 0 Å². The van der Waals surface area contributed by atoms with Crippen molar-refractivity contribution in [2.24, 2.45) is 0 Å². The lowest BCUT2D eigenvalue weighted by atomic mass is 10.1. The van der Waals surface area contributed by atoms with Crippen molar-refractivity contribution in [1.82, 2.24) is 0 Å². The highest BCUT2D eigenvalue weighted by Gasteiger charge is 2.41. The number of rotatable bonds is 1. The Kier molecular flexibility index (Phi) is 4.86. The predicted octanol–water partition coefficient (Wildman–Crippen LogP) is 6.14. The largest absolute Gasteiger partial charge is 0.268 e. The highest BCUT2D eigenvalue weighted by molar-refractivity contribution is 14.1. The predicted molar refractivity (Wildman–Crippen MR) is 108 cm³/mol. The van der Waals surface area contributed by atoms with E-state index >= 15 is 0 Å². The Bertz CT molecular complexity index is 789. The van der Waals surface area contributed by atoms with E-state index in [0.717, 1.165) is 3.57 Å². The van der Waals surface area contributed by atoms with Gasteiger partial charge in [0, 0.05) is 21.5 Å². The van der Waals surface area contributed by atoms with Crippen LogP contribution >= 0.6 is 86.3 Å². The van der Waals surface area contributed by atoms with Crippen molar-refractivity contribution in [3.05, 3.63) is 56.9 Å². The maximum absolute atomic E-state index is 12.7. The van der Waals surface area contributed by atoms with Gasteiger partial charge in [-0.2, -0.15) is 0 Å². The molecule has 0 radical (unpaired) electrons. The van der Waals surface area contributed by atoms with Gasteiger partial charge < -0.3 is 0 Å². The van der Waals surface area contributed by atoms with Crippen LogP contribution in [0.15, 0.2) is 42.2 Å². The lowest BCUT2D eigenvalue weighted by Crippen LogP contribution is -2.29. The number of amides is 2. The van der Waals surface area contributed by atoms with Gasteiger partial charge in [0.15, 0.2) is 0 Å². The average molecular weight is 665 g/mol. The molecule has 2 aromatic rings. The molecule has 1 heterocycles. The van der Waals surface area contributed by atoms with Crippen LogP contribution < -0.4 is 4.90 Å². The molecule has 2 amide bonds. The van der Waals surface area contributed by atoms with Gasteiger partial charge >= 0.3 is 0 Å². The van der Waals surface area contributed by atoms with Crippen molar-refractivity contribution in [2.75, 3.05) is 4.90 Å². The lowest BCUT2D eigenvalue weighted by molar-refractivity contribution is 0.0926. The summed E-state index contributed by atoms with van der Waals surface area (Å²) in [5.74, 6) is -0.691. The number of halogens is 5. The SMILES string of the molecule is O=C1c2c(Br)c(Br)c(Br)c(Br)c2C(=O)N1c1ccc(I)cc1. The monoisotopic (exact) mass is 661 g/mol. The standard InChI is InChI=1S/C14H4Br4INO2/c15-9-7-8(10(16)12(18)11(9)17)14(22)20(13(7)21)6-3-1-5(19)2-4-6/h1-4H. The summed E-state index contributed by atoms with van der Waals surface area (Å²) in [6, 6.07) is 7.23. The van der Waals surface area contributed by atoms with Crippen molar-refractivity contribution in [3.8, 4) is 0 Å². The number of hydrogen-bond acceptors (Lipinski definition) is 2. The summed E-state index contributed by atoms with van der Waals surface area (Å²) in [5, 5.41) is 0. The molecule has 0 bridgehead atoms. The molecule has 8 heteroatoms. The molecule has 22 heavy (non-hydrogen) atoms. The second-order valence-electron chi connectivity index (χ2n) is 4.43. The summed E-state index contributed by atoms with van der Waals surface area (Å²) < 4.78 is 3.52. The number of benzene rings is 2. The molecule has 3 rings (SSSR count). The third-order valence-corrected chi connectivity index (χ3v) is 8.67. The van der Waals surface area contributed by atoms with E-state index in [2.05, 4.69) is 86.3 Å². The molecule has 0 saturated heterocycles. The maximum atomic E-state index is 12.7. The Morgan fingerprint density at radius 2 is 1.14 bits per heavy atom. The van der Waals surface area contributed by atoms with E-state index in [9.17, 15) is 9.59 Å². The highest BCUT2D eigenvalue weighted by Crippen LogP contribution is 2.46. The molecule has 2 aromatic carbocycles. The Hall–Kier alpha value is 0.230. The van der Waals surface area contributed by atoms with Gasteiger partial charge in [-0.3, -0.25) is 9.59 Å². The summed E-state index contributed by atoms with van der Waals surface area (Å²) in [7, 11) is 0. The fourth-order valence-corrected chi connectivity index (χ4v) is 4.99. The van der Waals surface area contributed by atoms with Gasteiger partial charge in [-0.15, -0.1) is 0 Å². The molecule has 0 saturated carbocycles. The van der Waals surface area contributed by atoms with Crippen LogP contribution in [0, 0.1) is 3.57 Å². The third kappa shape index (κ3) is 2.54. The van der Waals surface area contributed by atoms with Gasteiger partial charge in [-0.05, 0) is 111 Å². The van der Waals surface area contributed by atoms with Gasteiger partial charge in [-0.25, -0.2) is 4.90 Å². The summed E-state index contributed by atoms with van der Waals surface area (Å²) in [6.45, 7) is 0. The lowest BCUT2D eigenvalue weighted by Gasteiger charge is -2.13. The molecular formula is C14H4Br4INO2. The summed E-state index contributed by atoms with van der Waals surface area (Å²) >= 11 is 15.8. The zero-order valence-electron chi connectivity index (χ0n) is 10.5. The molecule has 0 N–H and O–H groups in total. The van der Waals surface area contributed by atoms with Crippen LogP contribution in [-0.4, -0.2) is 11.8 Å². The van der Waals surface area contributed by atoms with E-state index in [4.69, 9.17) is 0 Å². The first-order chi connectivity index (χ1) is 10.3. The minimum Gasteiger partial charge on any atom is -0.268 e. The molecule has 0 unspecified atom stereocenters. The van der Waals surface area contributed by atoms with E-state index in [1.807, 2.05) is 12.1 Å². The number of hydrogen-bond donors (Lipinski definition) is 0. The maximum Gasteiger partial charge on any atom is 0.267 e. The first kappa shape index (κ1) is 17.1. The van der Waals surface area contributed by atoms with Crippen LogP contribution in [0.5, 0.6) is 0 Å². The highest BCUT2D eigenvalue weighted by atomic mass is 127. The van der Waals surface area contributed by atoms with Crippen LogP contribution in [0.25, 0.3) is 0 Å². The van der Waals surface area contributed by atoms with Crippen LogP contribution in [0.3, 0.4) is 0 Å². The summed E-state index contributed by atoms with van der Waals surface area (Å²) in [6.07, 6.45) is 0. The molecule has 0 atom stereocenters. The average Bonchev–Trinajstić information content (AvgIpc) is 2.75. The molecule has 3 nitrogen and oxygen atoms in total. The van der Waals surface area contributed by atoms with Gasteiger partial charge in [0.05, 0.1) is 16.8 Å². The van der Waals surface area contributed by atoms with Crippen LogP contribution in [-0.2, 0) is 0 Å². The van der Waals surface area contributed by atoms with Crippen LogP contribution in [0.4, 0.5) is 5.69 Å². The molecule has 0 aliphatic carbocycles. The Labute approximate surface area is 173 Å². The molecule has 1 aliphatic heterocycles. The van der Waals surface area contributed by atoms with Crippen molar-refractivity contribution in [2.45, 2.75) is 0 Å². The quantitative estimate of drug-likeness (QED) is 0.159. The summed E-state index contributed by atoms with van der Waals surface area (Å²) in [5.41, 5.74) is 1.26. The molecule has 112 valence electrons. The van der Waals surface area contributed by atoms with Crippen LogP contribution in [0.1, 0.15) is 20.7 Å². The van der Waals surface area contributed by atoms with Crippen molar-refractivity contribution in [3.63, 3.8) is 0 Å². The minimum absolute atomic E-state index is 0.345. The van der Waals surface area contributed by atoms with E-state index in [0.29, 0.717) is 34.7 Å². The van der Waals surface area contributed by atoms with Crippen LogP contribution in [0.2, 0.25) is 0 Å². The second kappa shape index (κ2) is 6.27. The molecule has 0 fully saturated rings. The topological polar surface area (TPSA) is 37.4 Å². The van der Waals surface area contributed by atoms with Gasteiger partial charge in [0.1, 0.15) is 0 Å². The van der Waals surface area contributed by atoms with Crippen molar-refractivity contribution < 1.29 is 9.59 Å². The van der Waals surface area contributed by atoms with Crippen molar-refractivity contribution in [1.29, 1.82) is 0 Å². The Balaban J connectivity index is 2.23. The number of carbonyl (C=O) groups is 2. The number of carbonyl (C=O) groups excluding carboxylic acids is 2. The normalized spacial score (nSPS) is 13.8. The Morgan fingerprint density at radius 3 is 1.55 bits per heavy atom. The van der Waals surface area contributed by atoms with Crippen molar-refractivity contribution >= 4 is 104 Å². The zero-order valence-corrected chi connectivity index (χ0v) is 19.0. The van der Waals surface area contributed by atoms with E-state index in [-0.39, 0.29) is 11.8 Å².